The Morgan fingerprint density at radius 2 is 1.91 bits per heavy atom. The topological polar surface area (TPSA) is 120 Å². The minimum atomic E-state index is -0.870. The zero-order valence-electron chi connectivity index (χ0n) is 11.8. The summed E-state index contributed by atoms with van der Waals surface area (Å²) >= 11 is 1.40. The van der Waals surface area contributed by atoms with Gasteiger partial charge in [0.05, 0.1) is 15.9 Å². The van der Waals surface area contributed by atoms with E-state index in [1.165, 1.54) is 11.3 Å². The van der Waals surface area contributed by atoms with E-state index in [0.717, 1.165) is 15.8 Å². The summed E-state index contributed by atoms with van der Waals surface area (Å²) in [6, 6.07) is 11.6. The summed E-state index contributed by atoms with van der Waals surface area (Å²) in [6.07, 6.45) is -0.870. The van der Waals surface area contributed by atoms with Crippen molar-refractivity contribution in [1.82, 2.24) is 4.98 Å². The standard InChI is InChI=1S/C15H12N4O3S/c16-14(20)19-10-4-2-1-3-9(10)13-18-11-6-5-8(22-15(17)21)7-12(11)23-13/h1-7H,(H2,17,21)(H3,16,19,20). The summed E-state index contributed by atoms with van der Waals surface area (Å²) in [5.41, 5.74) is 12.3. The summed E-state index contributed by atoms with van der Waals surface area (Å²) in [5, 5.41) is 3.28. The van der Waals surface area contributed by atoms with Crippen molar-refractivity contribution in [3.05, 3.63) is 42.5 Å². The third-order valence-electron chi connectivity index (χ3n) is 2.99. The molecule has 23 heavy (non-hydrogen) atoms. The number of benzene rings is 2. The largest absolute Gasteiger partial charge is 0.410 e. The van der Waals surface area contributed by atoms with E-state index >= 15 is 0 Å². The lowest BCUT2D eigenvalue weighted by Crippen LogP contribution is -2.19. The van der Waals surface area contributed by atoms with Gasteiger partial charge in [-0.2, -0.15) is 0 Å². The Morgan fingerprint density at radius 1 is 1.13 bits per heavy atom. The summed E-state index contributed by atoms with van der Waals surface area (Å²) in [7, 11) is 0. The van der Waals surface area contributed by atoms with Crippen molar-refractivity contribution in [3.63, 3.8) is 0 Å². The Balaban J connectivity index is 2.04. The van der Waals surface area contributed by atoms with E-state index in [4.69, 9.17) is 16.2 Å². The molecule has 0 bridgehead atoms. The minimum absolute atomic E-state index is 0.351. The molecule has 0 aliphatic carbocycles. The van der Waals surface area contributed by atoms with Crippen molar-refractivity contribution in [3.8, 4) is 16.3 Å². The van der Waals surface area contributed by atoms with Crippen molar-refractivity contribution in [2.75, 3.05) is 5.32 Å². The van der Waals surface area contributed by atoms with E-state index in [2.05, 4.69) is 10.3 Å². The molecule has 3 aromatic rings. The van der Waals surface area contributed by atoms with Crippen LogP contribution in [0.5, 0.6) is 5.75 Å². The number of carbonyl (C=O) groups is 2. The van der Waals surface area contributed by atoms with Gasteiger partial charge >= 0.3 is 12.1 Å². The number of primary amides is 2. The van der Waals surface area contributed by atoms with Gasteiger partial charge in [0.1, 0.15) is 10.8 Å². The number of nitrogens with one attached hydrogen (secondary N) is 1. The van der Waals surface area contributed by atoms with Gasteiger partial charge in [0.15, 0.2) is 0 Å². The number of nitrogens with two attached hydrogens (primary N) is 2. The van der Waals surface area contributed by atoms with Gasteiger partial charge in [0, 0.05) is 11.6 Å². The molecule has 1 aromatic heterocycles. The number of fused-ring (bicyclic) bond motifs is 1. The van der Waals surface area contributed by atoms with Crippen LogP contribution in [0.3, 0.4) is 0 Å². The molecule has 0 spiro atoms. The van der Waals surface area contributed by atoms with Gasteiger partial charge in [0.25, 0.3) is 0 Å². The summed E-state index contributed by atoms with van der Waals surface area (Å²) in [6.45, 7) is 0. The molecule has 8 heteroatoms. The molecule has 0 radical (unpaired) electrons. The maximum Gasteiger partial charge on any atom is 0.409 e. The van der Waals surface area contributed by atoms with Crippen LogP contribution in [0.1, 0.15) is 0 Å². The Morgan fingerprint density at radius 3 is 2.65 bits per heavy atom. The van der Waals surface area contributed by atoms with Gasteiger partial charge < -0.3 is 21.5 Å². The first kappa shape index (κ1) is 14.8. The monoisotopic (exact) mass is 328 g/mol. The Kier molecular flexibility index (Phi) is 3.82. The number of ether oxygens (including phenoxy) is 1. The summed E-state index contributed by atoms with van der Waals surface area (Å²) < 4.78 is 5.68. The molecule has 0 aliphatic rings. The van der Waals surface area contributed by atoms with Gasteiger partial charge in [-0.15, -0.1) is 11.3 Å². The molecule has 0 unspecified atom stereocenters. The lowest BCUT2D eigenvalue weighted by Gasteiger charge is -2.06. The zero-order chi connectivity index (χ0) is 16.4. The van der Waals surface area contributed by atoms with E-state index in [1.54, 1.807) is 30.3 Å². The first-order valence-corrected chi connectivity index (χ1v) is 7.38. The first-order chi connectivity index (χ1) is 11.0. The zero-order valence-corrected chi connectivity index (χ0v) is 12.6. The van der Waals surface area contributed by atoms with Crippen LogP contribution < -0.4 is 21.5 Å². The van der Waals surface area contributed by atoms with Crippen LogP contribution in [-0.2, 0) is 0 Å². The summed E-state index contributed by atoms with van der Waals surface area (Å²) in [5.74, 6) is 0.351. The molecule has 0 saturated carbocycles. The van der Waals surface area contributed by atoms with E-state index in [1.807, 2.05) is 12.1 Å². The minimum Gasteiger partial charge on any atom is -0.410 e. The average Bonchev–Trinajstić information content (AvgIpc) is 2.89. The van der Waals surface area contributed by atoms with Crippen molar-refractivity contribution in [2.24, 2.45) is 11.5 Å². The van der Waals surface area contributed by atoms with Gasteiger partial charge in [-0.05, 0) is 24.3 Å². The number of hydrogen-bond donors (Lipinski definition) is 3. The lowest BCUT2D eigenvalue weighted by atomic mass is 10.2. The molecule has 5 N–H and O–H groups in total. The number of nitrogens with zero attached hydrogens (tertiary/aromatic N) is 1. The number of urea groups is 1. The quantitative estimate of drug-likeness (QED) is 0.684. The predicted octanol–water partition coefficient (Wildman–Crippen LogP) is 2.91. The number of para-hydroxylation sites is 1. The smallest absolute Gasteiger partial charge is 0.409 e. The van der Waals surface area contributed by atoms with Crippen LogP contribution in [0.25, 0.3) is 20.8 Å². The predicted molar refractivity (Wildman–Crippen MR) is 88.5 cm³/mol. The number of thiazole rings is 1. The van der Waals surface area contributed by atoms with Crippen molar-refractivity contribution >= 4 is 39.4 Å². The van der Waals surface area contributed by atoms with Crippen molar-refractivity contribution < 1.29 is 14.3 Å². The summed E-state index contributed by atoms with van der Waals surface area (Å²) in [4.78, 5) is 26.4. The van der Waals surface area contributed by atoms with Crippen molar-refractivity contribution in [1.29, 1.82) is 0 Å². The highest BCUT2D eigenvalue weighted by atomic mass is 32.1. The maximum absolute atomic E-state index is 11.1. The van der Waals surface area contributed by atoms with Gasteiger partial charge in [0.2, 0.25) is 0 Å². The third kappa shape index (κ3) is 3.22. The Hall–Kier alpha value is -3.13. The first-order valence-electron chi connectivity index (χ1n) is 6.56. The van der Waals surface area contributed by atoms with Crippen LogP contribution in [0.2, 0.25) is 0 Å². The third-order valence-corrected chi connectivity index (χ3v) is 4.05. The molecule has 1 heterocycles. The molecule has 0 saturated heterocycles. The Bertz CT molecular complexity index is 907. The molecule has 3 amide bonds. The second kappa shape index (κ2) is 5.93. The number of hydrogen-bond acceptors (Lipinski definition) is 5. The number of amides is 3. The highest BCUT2D eigenvalue weighted by molar-refractivity contribution is 7.21. The number of rotatable bonds is 3. The molecule has 0 fully saturated rings. The SMILES string of the molecule is NC(=O)Nc1ccccc1-c1nc2ccc(OC(N)=O)cc2s1. The molecular weight excluding hydrogens is 316 g/mol. The molecule has 7 nitrogen and oxygen atoms in total. The van der Waals surface area contributed by atoms with Gasteiger partial charge in [-0.3, -0.25) is 0 Å². The van der Waals surface area contributed by atoms with E-state index in [-0.39, 0.29) is 0 Å². The second-order valence-corrected chi connectivity index (χ2v) is 5.64. The fourth-order valence-corrected chi connectivity index (χ4v) is 3.14. The van der Waals surface area contributed by atoms with E-state index in [0.29, 0.717) is 16.4 Å². The molecular formula is C15H12N4O3S. The Labute approximate surface area is 134 Å². The molecule has 0 aliphatic heterocycles. The number of carbonyl (C=O) groups excluding carboxylic acids is 2. The normalized spacial score (nSPS) is 10.4. The van der Waals surface area contributed by atoms with Gasteiger partial charge in [-0.25, -0.2) is 14.6 Å². The average molecular weight is 328 g/mol. The van der Waals surface area contributed by atoms with E-state index < -0.39 is 12.1 Å². The lowest BCUT2D eigenvalue weighted by molar-refractivity contribution is 0.211. The molecule has 116 valence electrons. The number of anilines is 1. The maximum atomic E-state index is 11.1. The van der Waals surface area contributed by atoms with Crippen molar-refractivity contribution in [2.45, 2.75) is 0 Å². The molecule has 2 aromatic carbocycles. The van der Waals surface area contributed by atoms with Crippen LogP contribution >= 0.6 is 11.3 Å². The van der Waals surface area contributed by atoms with Crippen LogP contribution in [0.4, 0.5) is 15.3 Å². The second-order valence-electron chi connectivity index (χ2n) is 4.60. The van der Waals surface area contributed by atoms with Crippen LogP contribution in [0.15, 0.2) is 42.5 Å². The highest BCUT2D eigenvalue weighted by Gasteiger charge is 2.12. The molecule has 0 atom stereocenters. The van der Waals surface area contributed by atoms with Crippen LogP contribution in [-0.4, -0.2) is 17.1 Å². The highest BCUT2D eigenvalue weighted by Crippen LogP contribution is 2.35. The van der Waals surface area contributed by atoms with Gasteiger partial charge in [-0.1, -0.05) is 12.1 Å². The number of aromatic nitrogens is 1. The van der Waals surface area contributed by atoms with Crippen LogP contribution in [0, 0.1) is 0 Å². The fraction of sp³-hybridized carbons (Fsp3) is 0. The molecule has 3 rings (SSSR count). The van der Waals surface area contributed by atoms with E-state index in [9.17, 15) is 9.59 Å². The fourth-order valence-electron chi connectivity index (χ4n) is 2.11.